The topological polar surface area (TPSA) is 46.6 Å². The van der Waals surface area contributed by atoms with Crippen molar-refractivity contribution in [2.75, 3.05) is 19.8 Å². The Morgan fingerprint density at radius 1 is 1.64 bits per heavy atom. The van der Waals surface area contributed by atoms with Gasteiger partial charge in [0.2, 0.25) is 5.91 Å². The predicted octanol–water partition coefficient (Wildman–Crippen LogP) is 0.459. The summed E-state index contributed by atoms with van der Waals surface area (Å²) in [5.41, 5.74) is 0. The third-order valence-corrected chi connectivity index (χ3v) is 2.23. The summed E-state index contributed by atoms with van der Waals surface area (Å²) in [6.07, 6.45) is 0. The van der Waals surface area contributed by atoms with Gasteiger partial charge in [0.05, 0.1) is 6.61 Å². The summed E-state index contributed by atoms with van der Waals surface area (Å²) in [5, 5.41) is 0. The Hall–Kier alpha value is -0.900. The zero-order chi connectivity index (χ0) is 10.7. The molecular formula is C10H17NO3. The Kier molecular flexibility index (Phi) is 3.63. The molecule has 0 bridgehead atoms. The molecule has 1 unspecified atom stereocenters. The minimum absolute atomic E-state index is 0.00120. The van der Waals surface area contributed by atoms with Gasteiger partial charge < -0.3 is 9.64 Å². The summed E-state index contributed by atoms with van der Waals surface area (Å²) in [5.74, 6) is 0.294. The Morgan fingerprint density at radius 2 is 2.29 bits per heavy atom. The van der Waals surface area contributed by atoms with Crippen molar-refractivity contribution < 1.29 is 14.3 Å². The third kappa shape index (κ3) is 2.54. The molecule has 0 spiro atoms. The minimum Gasteiger partial charge on any atom is -0.369 e. The van der Waals surface area contributed by atoms with Crippen molar-refractivity contribution in [3.63, 3.8) is 0 Å². The van der Waals surface area contributed by atoms with E-state index < -0.39 is 0 Å². The SMILES string of the molecule is CC(=O)C1COCC(=O)N1CC(C)C. The number of amides is 1. The van der Waals surface area contributed by atoms with E-state index in [1.165, 1.54) is 6.92 Å². The summed E-state index contributed by atoms with van der Waals surface area (Å²) in [4.78, 5) is 24.4. The molecule has 1 heterocycles. The van der Waals surface area contributed by atoms with Gasteiger partial charge >= 0.3 is 0 Å². The Morgan fingerprint density at radius 3 is 2.79 bits per heavy atom. The molecule has 0 N–H and O–H groups in total. The summed E-state index contributed by atoms with van der Waals surface area (Å²) in [6, 6.07) is -0.376. The van der Waals surface area contributed by atoms with E-state index in [9.17, 15) is 9.59 Å². The van der Waals surface area contributed by atoms with Crippen LogP contribution in [0.15, 0.2) is 0 Å². The van der Waals surface area contributed by atoms with Gasteiger partial charge in [-0.2, -0.15) is 0 Å². The normalized spacial score (nSPS) is 23.0. The van der Waals surface area contributed by atoms with Crippen LogP contribution in [-0.2, 0) is 14.3 Å². The van der Waals surface area contributed by atoms with Crippen molar-refractivity contribution in [1.82, 2.24) is 4.90 Å². The van der Waals surface area contributed by atoms with Gasteiger partial charge in [0.25, 0.3) is 0 Å². The van der Waals surface area contributed by atoms with Gasteiger partial charge in [-0.25, -0.2) is 0 Å². The maximum Gasteiger partial charge on any atom is 0.249 e. The van der Waals surface area contributed by atoms with Crippen LogP contribution in [0.3, 0.4) is 0 Å². The molecule has 0 aliphatic carbocycles. The summed E-state index contributed by atoms with van der Waals surface area (Å²) in [7, 11) is 0. The average Bonchev–Trinajstić information content (AvgIpc) is 2.07. The summed E-state index contributed by atoms with van der Waals surface area (Å²) >= 11 is 0. The lowest BCUT2D eigenvalue weighted by atomic mass is 10.1. The lowest BCUT2D eigenvalue weighted by Gasteiger charge is -2.35. The number of carbonyl (C=O) groups excluding carboxylic acids is 2. The van der Waals surface area contributed by atoms with Crippen LogP contribution in [-0.4, -0.2) is 42.4 Å². The van der Waals surface area contributed by atoms with E-state index in [-0.39, 0.29) is 24.3 Å². The lowest BCUT2D eigenvalue weighted by molar-refractivity contribution is -0.154. The van der Waals surface area contributed by atoms with E-state index in [1.807, 2.05) is 13.8 Å². The van der Waals surface area contributed by atoms with E-state index in [0.29, 0.717) is 19.1 Å². The van der Waals surface area contributed by atoms with Gasteiger partial charge in [-0.05, 0) is 12.8 Å². The molecular weight excluding hydrogens is 182 g/mol. The fraction of sp³-hybridized carbons (Fsp3) is 0.800. The zero-order valence-electron chi connectivity index (χ0n) is 8.95. The number of Topliss-reactive ketones (excluding diaryl/α,β-unsaturated/α-hetero) is 1. The lowest BCUT2D eigenvalue weighted by Crippen LogP contribution is -2.53. The molecule has 4 heteroatoms. The van der Waals surface area contributed by atoms with Crippen LogP contribution < -0.4 is 0 Å². The van der Waals surface area contributed by atoms with E-state index in [0.717, 1.165) is 0 Å². The fourth-order valence-electron chi connectivity index (χ4n) is 1.56. The molecule has 1 aliphatic heterocycles. The number of nitrogens with zero attached hydrogens (tertiary/aromatic N) is 1. The van der Waals surface area contributed by atoms with Gasteiger partial charge in [0.15, 0.2) is 5.78 Å². The van der Waals surface area contributed by atoms with Crippen molar-refractivity contribution in [1.29, 1.82) is 0 Å². The highest BCUT2D eigenvalue weighted by Gasteiger charge is 2.31. The van der Waals surface area contributed by atoms with Crippen LogP contribution in [0, 0.1) is 5.92 Å². The first-order chi connectivity index (χ1) is 6.52. The second kappa shape index (κ2) is 4.55. The number of hydrogen-bond acceptors (Lipinski definition) is 3. The molecule has 0 saturated carbocycles. The van der Waals surface area contributed by atoms with Gasteiger partial charge in [0, 0.05) is 6.54 Å². The molecule has 4 nitrogen and oxygen atoms in total. The van der Waals surface area contributed by atoms with Crippen LogP contribution in [0.2, 0.25) is 0 Å². The number of morpholine rings is 1. The molecule has 1 rings (SSSR count). The number of ketones is 1. The molecule has 0 aromatic heterocycles. The van der Waals surface area contributed by atoms with Crippen molar-refractivity contribution in [2.45, 2.75) is 26.8 Å². The first-order valence-electron chi connectivity index (χ1n) is 4.90. The summed E-state index contributed by atoms with van der Waals surface area (Å²) < 4.78 is 5.06. The van der Waals surface area contributed by atoms with Crippen LogP contribution in [0.5, 0.6) is 0 Å². The third-order valence-electron chi connectivity index (χ3n) is 2.23. The maximum absolute atomic E-state index is 11.5. The van der Waals surface area contributed by atoms with Crippen LogP contribution in [0.25, 0.3) is 0 Å². The first-order valence-corrected chi connectivity index (χ1v) is 4.90. The molecule has 0 aromatic carbocycles. The average molecular weight is 199 g/mol. The highest BCUT2D eigenvalue weighted by atomic mass is 16.5. The number of carbonyl (C=O) groups is 2. The molecule has 0 aromatic rings. The van der Waals surface area contributed by atoms with Gasteiger partial charge in [-0.1, -0.05) is 13.8 Å². The number of rotatable bonds is 3. The van der Waals surface area contributed by atoms with E-state index >= 15 is 0 Å². The largest absolute Gasteiger partial charge is 0.369 e. The van der Waals surface area contributed by atoms with E-state index in [2.05, 4.69) is 0 Å². The molecule has 1 atom stereocenters. The molecule has 80 valence electrons. The van der Waals surface area contributed by atoms with E-state index in [4.69, 9.17) is 4.74 Å². The molecule has 1 fully saturated rings. The Bertz CT molecular complexity index is 238. The maximum atomic E-state index is 11.5. The van der Waals surface area contributed by atoms with Crippen molar-refractivity contribution in [3.8, 4) is 0 Å². The zero-order valence-corrected chi connectivity index (χ0v) is 8.95. The standard InChI is InChI=1S/C10H17NO3/c1-7(2)4-11-9(8(3)12)5-14-6-10(11)13/h7,9H,4-6H2,1-3H3. The quantitative estimate of drug-likeness (QED) is 0.663. The van der Waals surface area contributed by atoms with E-state index in [1.54, 1.807) is 4.90 Å². The molecule has 1 aliphatic rings. The highest BCUT2D eigenvalue weighted by molar-refractivity contribution is 5.89. The van der Waals surface area contributed by atoms with Crippen molar-refractivity contribution in [3.05, 3.63) is 0 Å². The molecule has 1 amide bonds. The monoisotopic (exact) mass is 199 g/mol. The summed E-state index contributed by atoms with van der Waals surface area (Å²) in [6.45, 7) is 6.64. The first kappa shape index (κ1) is 11.2. The van der Waals surface area contributed by atoms with Gasteiger partial charge in [-0.3, -0.25) is 9.59 Å². The number of hydrogen-bond donors (Lipinski definition) is 0. The van der Waals surface area contributed by atoms with Gasteiger partial charge in [0.1, 0.15) is 12.6 Å². The van der Waals surface area contributed by atoms with Crippen molar-refractivity contribution >= 4 is 11.7 Å². The van der Waals surface area contributed by atoms with Crippen LogP contribution >= 0.6 is 0 Å². The highest BCUT2D eigenvalue weighted by Crippen LogP contribution is 2.11. The Balaban J connectivity index is 2.70. The second-order valence-corrected chi connectivity index (χ2v) is 4.08. The van der Waals surface area contributed by atoms with Crippen LogP contribution in [0.4, 0.5) is 0 Å². The fourth-order valence-corrected chi connectivity index (χ4v) is 1.56. The Labute approximate surface area is 84.2 Å². The minimum atomic E-state index is -0.376. The molecule has 14 heavy (non-hydrogen) atoms. The molecule has 0 radical (unpaired) electrons. The van der Waals surface area contributed by atoms with Crippen LogP contribution in [0.1, 0.15) is 20.8 Å². The molecule has 1 saturated heterocycles. The second-order valence-electron chi connectivity index (χ2n) is 4.08. The smallest absolute Gasteiger partial charge is 0.249 e. The van der Waals surface area contributed by atoms with Gasteiger partial charge in [-0.15, -0.1) is 0 Å². The van der Waals surface area contributed by atoms with Crippen molar-refractivity contribution in [2.24, 2.45) is 5.92 Å². The predicted molar refractivity (Wildman–Crippen MR) is 51.8 cm³/mol. The number of ether oxygens (including phenoxy) is 1.